The summed E-state index contributed by atoms with van der Waals surface area (Å²) in [4.78, 5) is 20.6. The van der Waals surface area contributed by atoms with Crippen molar-refractivity contribution in [2.75, 3.05) is 11.9 Å². The maximum Gasteiger partial charge on any atom is 0.263 e. The van der Waals surface area contributed by atoms with Crippen molar-refractivity contribution in [2.45, 2.75) is 13.8 Å². The van der Waals surface area contributed by atoms with E-state index in [9.17, 15) is 4.79 Å². The van der Waals surface area contributed by atoms with Crippen molar-refractivity contribution in [1.29, 1.82) is 0 Å². The molecule has 7 nitrogen and oxygen atoms in total. The summed E-state index contributed by atoms with van der Waals surface area (Å²) in [6.07, 6.45) is 3.35. The Hall–Kier alpha value is -2.96. The largest absolute Gasteiger partial charge is 0.481 e. The summed E-state index contributed by atoms with van der Waals surface area (Å²) >= 11 is 0. The third-order valence-electron chi connectivity index (χ3n) is 3.42. The van der Waals surface area contributed by atoms with Crippen LogP contribution in [0.15, 0.2) is 30.6 Å². The number of pyridine rings is 2. The molecule has 7 heteroatoms. The van der Waals surface area contributed by atoms with Gasteiger partial charge in [-0.1, -0.05) is 0 Å². The number of carbonyl (C=O) groups excluding carboxylic acids is 1. The van der Waals surface area contributed by atoms with Crippen molar-refractivity contribution in [3.05, 3.63) is 41.9 Å². The van der Waals surface area contributed by atoms with Gasteiger partial charge in [0.2, 0.25) is 0 Å². The van der Waals surface area contributed by atoms with Crippen LogP contribution in [0.3, 0.4) is 0 Å². The molecule has 1 amide bonds. The molecule has 0 aliphatic rings. The summed E-state index contributed by atoms with van der Waals surface area (Å²) in [6, 6.07) is 5.39. The summed E-state index contributed by atoms with van der Waals surface area (Å²) in [5, 5.41) is 6.94. The zero-order chi connectivity index (χ0) is 16.4. The molecular formula is C16H17N5O2. The number of rotatable bonds is 4. The summed E-state index contributed by atoms with van der Waals surface area (Å²) in [5.74, 6) is 0.908. The molecule has 0 aliphatic carbocycles. The molecule has 3 rings (SSSR count). The maximum absolute atomic E-state index is 12.0. The van der Waals surface area contributed by atoms with Crippen LogP contribution in [0.4, 0.5) is 5.82 Å². The van der Waals surface area contributed by atoms with Gasteiger partial charge in [0.25, 0.3) is 5.91 Å². The molecule has 3 aromatic rings. The second-order valence-corrected chi connectivity index (χ2v) is 5.27. The Bertz CT molecular complexity index is 872. The van der Waals surface area contributed by atoms with E-state index >= 15 is 0 Å². The predicted octanol–water partition coefficient (Wildman–Crippen LogP) is 2.00. The number of nitrogens with zero attached hydrogens (tertiary/aromatic N) is 4. The van der Waals surface area contributed by atoms with Gasteiger partial charge in [0.1, 0.15) is 17.1 Å². The van der Waals surface area contributed by atoms with Crippen LogP contribution in [0.5, 0.6) is 5.75 Å². The van der Waals surface area contributed by atoms with Crippen LogP contribution < -0.4 is 10.1 Å². The summed E-state index contributed by atoms with van der Waals surface area (Å²) < 4.78 is 7.22. The fourth-order valence-corrected chi connectivity index (χ4v) is 2.32. The average Bonchev–Trinajstić information content (AvgIpc) is 2.83. The molecule has 0 spiro atoms. The van der Waals surface area contributed by atoms with Crippen molar-refractivity contribution in [3.63, 3.8) is 0 Å². The number of anilines is 1. The zero-order valence-electron chi connectivity index (χ0n) is 13.2. The van der Waals surface area contributed by atoms with E-state index in [0.29, 0.717) is 17.1 Å². The Labute approximate surface area is 133 Å². The number of aryl methyl sites for hydroxylation is 3. The van der Waals surface area contributed by atoms with E-state index in [2.05, 4.69) is 20.4 Å². The van der Waals surface area contributed by atoms with Crippen molar-refractivity contribution >= 4 is 22.8 Å². The molecule has 0 atom stereocenters. The Morgan fingerprint density at radius 1 is 1.22 bits per heavy atom. The Morgan fingerprint density at radius 3 is 2.70 bits per heavy atom. The van der Waals surface area contributed by atoms with Crippen LogP contribution in [0.2, 0.25) is 0 Å². The highest BCUT2D eigenvalue weighted by atomic mass is 16.5. The van der Waals surface area contributed by atoms with Crippen LogP contribution in [0, 0.1) is 13.8 Å². The molecule has 3 heterocycles. The minimum absolute atomic E-state index is 0.112. The van der Waals surface area contributed by atoms with E-state index in [1.807, 2.05) is 19.9 Å². The van der Waals surface area contributed by atoms with Crippen LogP contribution in [0.25, 0.3) is 11.0 Å². The normalized spacial score (nSPS) is 10.7. The van der Waals surface area contributed by atoms with Gasteiger partial charge in [0, 0.05) is 31.6 Å². The second-order valence-electron chi connectivity index (χ2n) is 5.27. The van der Waals surface area contributed by atoms with E-state index < -0.39 is 0 Å². The third kappa shape index (κ3) is 3.13. The number of hydrogen-bond donors (Lipinski definition) is 1. The summed E-state index contributed by atoms with van der Waals surface area (Å²) in [7, 11) is 1.77. The Morgan fingerprint density at radius 2 is 1.96 bits per heavy atom. The van der Waals surface area contributed by atoms with E-state index in [-0.39, 0.29) is 12.5 Å². The summed E-state index contributed by atoms with van der Waals surface area (Å²) in [6.45, 7) is 3.71. The van der Waals surface area contributed by atoms with Gasteiger partial charge in [-0.2, -0.15) is 5.10 Å². The molecule has 3 aromatic heterocycles. The molecule has 0 unspecified atom stereocenters. The predicted molar refractivity (Wildman–Crippen MR) is 86.3 cm³/mol. The lowest BCUT2D eigenvalue weighted by Crippen LogP contribution is -2.21. The van der Waals surface area contributed by atoms with E-state index in [0.717, 1.165) is 16.8 Å². The van der Waals surface area contributed by atoms with E-state index in [4.69, 9.17) is 4.74 Å². The molecule has 1 N–H and O–H groups in total. The van der Waals surface area contributed by atoms with E-state index in [1.165, 1.54) is 0 Å². The van der Waals surface area contributed by atoms with Gasteiger partial charge >= 0.3 is 0 Å². The summed E-state index contributed by atoms with van der Waals surface area (Å²) in [5.41, 5.74) is 3.27. The molecule has 118 valence electrons. The van der Waals surface area contributed by atoms with Crippen molar-refractivity contribution < 1.29 is 9.53 Å². The minimum atomic E-state index is -0.259. The lowest BCUT2D eigenvalue weighted by atomic mass is 10.2. The number of nitrogens with one attached hydrogen (secondary N) is 1. The topological polar surface area (TPSA) is 81.9 Å². The van der Waals surface area contributed by atoms with Crippen LogP contribution >= 0.6 is 0 Å². The highest BCUT2D eigenvalue weighted by Crippen LogP contribution is 2.23. The number of fused-ring (bicyclic) bond motifs is 1. The van der Waals surface area contributed by atoms with Gasteiger partial charge in [0.05, 0.1) is 11.2 Å². The first-order chi connectivity index (χ1) is 11.0. The first kappa shape index (κ1) is 15.0. The van der Waals surface area contributed by atoms with Crippen LogP contribution in [0.1, 0.15) is 11.3 Å². The highest BCUT2D eigenvalue weighted by Gasteiger charge is 2.11. The number of carbonyl (C=O) groups is 1. The van der Waals surface area contributed by atoms with E-state index in [1.54, 1.807) is 36.3 Å². The first-order valence-corrected chi connectivity index (χ1v) is 7.18. The molecule has 0 saturated carbocycles. The first-order valence-electron chi connectivity index (χ1n) is 7.18. The zero-order valence-corrected chi connectivity index (χ0v) is 13.2. The van der Waals surface area contributed by atoms with Crippen LogP contribution in [-0.2, 0) is 11.8 Å². The van der Waals surface area contributed by atoms with Gasteiger partial charge in [-0.25, -0.2) is 0 Å². The molecule has 0 aromatic carbocycles. The Kier molecular flexibility index (Phi) is 3.92. The SMILES string of the molecule is Cc1cc(NC(=O)COc2ccnc3c(C)ccnc23)n(C)n1. The van der Waals surface area contributed by atoms with Gasteiger partial charge in [-0.3, -0.25) is 19.4 Å². The minimum Gasteiger partial charge on any atom is -0.481 e. The van der Waals surface area contributed by atoms with Gasteiger partial charge < -0.3 is 10.1 Å². The standard InChI is InChI=1S/C16H17N5O2/c1-10-4-6-18-16-12(5-7-17-15(10)16)23-9-14(22)19-13-8-11(2)20-21(13)3/h4-8H,9H2,1-3H3,(H,19,22). The van der Waals surface area contributed by atoms with Crippen molar-refractivity contribution in [3.8, 4) is 5.75 Å². The number of hydrogen-bond acceptors (Lipinski definition) is 5. The number of ether oxygens (including phenoxy) is 1. The molecule has 0 fully saturated rings. The molecule has 0 bridgehead atoms. The molecule has 0 saturated heterocycles. The maximum atomic E-state index is 12.0. The van der Waals surface area contributed by atoms with Crippen LogP contribution in [-0.4, -0.2) is 32.3 Å². The van der Waals surface area contributed by atoms with Gasteiger partial charge in [-0.05, 0) is 25.5 Å². The molecular weight excluding hydrogens is 294 g/mol. The quantitative estimate of drug-likeness (QED) is 0.797. The molecule has 0 aliphatic heterocycles. The smallest absolute Gasteiger partial charge is 0.263 e. The molecule has 0 radical (unpaired) electrons. The fourth-order valence-electron chi connectivity index (χ4n) is 2.32. The fraction of sp³-hybridized carbons (Fsp3) is 0.250. The highest BCUT2D eigenvalue weighted by molar-refractivity contribution is 5.91. The van der Waals surface area contributed by atoms with Crippen molar-refractivity contribution in [2.24, 2.45) is 7.05 Å². The van der Waals surface area contributed by atoms with Gasteiger partial charge in [0.15, 0.2) is 6.61 Å². The van der Waals surface area contributed by atoms with Gasteiger partial charge in [-0.15, -0.1) is 0 Å². The lowest BCUT2D eigenvalue weighted by Gasteiger charge is -2.09. The third-order valence-corrected chi connectivity index (χ3v) is 3.42. The monoisotopic (exact) mass is 311 g/mol. The number of aromatic nitrogens is 4. The number of amides is 1. The van der Waals surface area contributed by atoms with Crippen molar-refractivity contribution in [1.82, 2.24) is 19.7 Å². The molecule has 23 heavy (non-hydrogen) atoms. The Balaban J connectivity index is 1.72. The average molecular weight is 311 g/mol. The second kappa shape index (κ2) is 6.04. The lowest BCUT2D eigenvalue weighted by molar-refractivity contribution is -0.118.